The van der Waals surface area contributed by atoms with Crippen molar-refractivity contribution in [3.63, 3.8) is 0 Å². The number of nitrogens with zero attached hydrogens (tertiary/aromatic N) is 1. The molecule has 0 bridgehead atoms. The number of methoxy groups -OCH3 is 3. The predicted octanol–water partition coefficient (Wildman–Crippen LogP) is 3.39. The van der Waals surface area contributed by atoms with Gasteiger partial charge in [-0.2, -0.15) is 0 Å². The van der Waals surface area contributed by atoms with Crippen molar-refractivity contribution in [3.8, 4) is 17.2 Å². The van der Waals surface area contributed by atoms with Crippen LogP contribution in [0, 0.1) is 13.8 Å². The number of rotatable bonds is 7. The highest BCUT2D eigenvalue weighted by molar-refractivity contribution is 6.34. The predicted molar refractivity (Wildman–Crippen MR) is 123 cm³/mol. The first-order valence-corrected chi connectivity index (χ1v) is 10.4. The molecule has 1 aliphatic heterocycles. The van der Waals surface area contributed by atoms with Crippen LogP contribution >= 0.6 is 11.6 Å². The minimum absolute atomic E-state index is 0.329. The van der Waals surface area contributed by atoms with E-state index < -0.39 is 29.9 Å². The molecule has 1 atom stereocenters. The second kappa shape index (κ2) is 9.19. The fourth-order valence-corrected chi connectivity index (χ4v) is 4.17. The molecule has 0 aromatic heterocycles. The lowest BCUT2D eigenvalue weighted by Crippen LogP contribution is -2.42. The molecule has 1 fully saturated rings. The van der Waals surface area contributed by atoms with Gasteiger partial charge in [0.15, 0.2) is 11.5 Å². The van der Waals surface area contributed by atoms with E-state index in [2.05, 4.69) is 10.6 Å². The first-order valence-electron chi connectivity index (χ1n) is 10.1. The van der Waals surface area contributed by atoms with E-state index in [1.54, 1.807) is 25.1 Å². The van der Waals surface area contributed by atoms with Gasteiger partial charge in [-0.25, -0.2) is 4.79 Å². The van der Waals surface area contributed by atoms with Crippen molar-refractivity contribution < 1.29 is 28.6 Å². The summed E-state index contributed by atoms with van der Waals surface area (Å²) in [5.41, 5.74) is 1.13. The maximum Gasteiger partial charge on any atom is 0.325 e. The number of anilines is 1. The van der Waals surface area contributed by atoms with Crippen molar-refractivity contribution in [1.82, 2.24) is 10.2 Å². The summed E-state index contributed by atoms with van der Waals surface area (Å²) in [5, 5.41) is 5.73. The molecule has 2 aromatic rings. The third-order valence-corrected chi connectivity index (χ3v) is 5.81. The molecule has 9 nitrogen and oxygen atoms in total. The molecule has 2 N–H and O–H groups in total. The van der Waals surface area contributed by atoms with Crippen molar-refractivity contribution in [2.24, 2.45) is 0 Å². The van der Waals surface area contributed by atoms with Gasteiger partial charge in [0.05, 0.1) is 32.0 Å². The molecule has 4 amide bonds. The van der Waals surface area contributed by atoms with Crippen LogP contribution in [0.15, 0.2) is 24.3 Å². The van der Waals surface area contributed by atoms with Gasteiger partial charge in [-0.05, 0) is 55.7 Å². The maximum absolute atomic E-state index is 13.3. The molecule has 1 unspecified atom stereocenters. The fourth-order valence-electron chi connectivity index (χ4n) is 3.80. The number of carbonyl (C=O) groups excluding carboxylic acids is 3. The maximum atomic E-state index is 13.3. The van der Waals surface area contributed by atoms with E-state index in [9.17, 15) is 14.4 Å². The van der Waals surface area contributed by atoms with Crippen LogP contribution in [-0.2, 0) is 15.1 Å². The van der Waals surface area contributed by atoms with Crippen molar-refractivity contribution in [3.05, 3.63) is 46.0 Å². The summed E-state index contributed by atoms with van der Waals surface area (Å²) in [6, 6.07) is 6.06. The first kappa shape index (κ1) is 24.2. The lowest BCUT2D eigenvalue weighted by molar-refractivity contribution is -0.133. The number of ether oxygens (including phenoxy) is 3. The van der Waals surface area contributed by atoms with Crippen molar-refractivity contribution in [1.29, 1.82) is 0 Å². The Labute approximate surface area is 196 Å². The number of halogens is 1. The number of hydrogen-bond donors (Lipinski definition) is 2. The zero-order chi connectivity index (χ0) is 24.5. The average Bonchev–Trinajstić information content (AvgIpc) is 2.98. The lowest BCUT2D eigenvalue weighted by atomic mass is 9.91. The molecule has 10 heteroatoms. The summed E-state index contributed by atoms with van der Waals surface area (Å²) >= 11 is 6.25. The smallest absolute Gasteiger partial charge is 0.325 e. The summed E-state index contributed by atoms with van der Waals surface area (Å²) in [5.74, 6) is -0.137. The fraction of sp³-hybridized carbons (Fsp3) is 0.348. The number of aryl methyl sites for hydroxylation is 2. The number of amides is 4. The molecule has 176 valence electrons. The molecule has 1 saturated heterocycles. The molecule has 2 aromatic carbocycles. The van der Waals surface area contributed by atoms with Crippen molar-refractivity contribution in [2.75, 3.05) is 33.2 Å². The second-order valence-electron chi connectivity index (χ2n) is 7.85. The highest BCUT2D eigenvalue weighted by Crippen LogP contribution is 2.42. The normalized spacial score (nSPS) is 17.6. The Morgan fingerprint density at radius 2 is 1.67 bits per heavy atom. The molecule has 0 radical (unpaired) electrons. The molecule has 1 aliphatic rings. The van der Waals surface area contributed by atoms with Crippen LogP contribution < -0.4 is 24.8 Å². The molecular weight excluding hydrogens is 450 g/mol. The van der Waals surface area contributed by atoms with Crippen LogP contribution in [0.25, 0.3) is 0 Å². The van der Waals surface area contributed by atoms with Crippen LogP contribution in [-0.4, -0.2) is 50.6 Å². The lowest BCUT2D eigenvalue weighted by Gasteiger charge is -2.24. The highest BCUT2D eigenvalue weighted by atomic mass is 35.5. The number of carbonyl (C=O) groups is 3. The largest absolute Gasteiger partial charge is 0.493 e. The minimum Gasteiger partial charge on any atom is -0.493 e. The monoisotopic (exact) mass is 475 g/mol. The Kier molecular flexibility index (Phi) is 6.73. The molecule has 0 aliphatic carbocycles. The van der Waals surface area contributed by atoms with E-state index in [-0.39, 0.29) is 0 Å². The Morgan fingerprint density at radius 3 is 2.18 bits per heavy atom. The molecule has 0 spiro atoms. The molecule has 1 heterocycles. The number of benzene rings is 2. The van der Waals surface area contributed by atoms with Crippen LogP contribution in [0.2, 0.25) is 5.02 Å². The highest BCUT2D eigenvalue weighted by Gasteiger charge is 2.50. The molecule has 0 saturated carbocycles. The zero-order valence-corrected chi connectivity index (χ0v) is 20.0. The quantitative estimate of drug-likeness (QED) is 0.594. The van der Waals surface area contributed by atoms with Gasteiger partial charge in [0.2, 0.25) is 11.7 Å². The number of hydrogen-bond acceptors (Lipinski definition) is 6. The summed E-state index contributed by atoms with van der Waals surface area (Å²) in [7, 11) is 4.37. The summed E-state index contributed by atoms with van der Waals surface area (Å²) < 4.78 is 16.0. The molecule has 33 heavy (non-hydrogen) atoms. The Morgan fingerprint density at radius 1 is 1.06 bits per heavy atom. The average molecular weight is 476 g/mol. The van der Waals surface area contributed by atoms with Gasteiger partial charge < -0.3 is 24.8 Å². The van der Waals surface area contributed by atoms with Gasteiger partial charge in [0.25, 0.3) is 5.91 Å². The summed E-state index contributed by atoms with van der Waals surface area (Å²) in [6.45, 7) is 4.77. The van der Waals surface area contributed by atoms with Crippen LogP contribution in [0.3, 0.4) is 0 Å². The van der Waals surface area contributed by atoms with Crippen molar-refractivity contribution >= 4 is 35.1 Å². The number of urea groups is 1. The van der Waals surface area contributed by atoms with Gasteiger partial charge in [0, 0.05) is 0 Å². The topological polar surface area (TPSA) is 106 Å². The van der Waals surface area contributed by atoms with Crippen LogP contribution in [0.5, 0.6) is 17.2 Å². The van der Waals surface area contributed by atoms with E-state index in [4.69, 9.17) is 25.8 Å². The number of imide groups is 1. The summed E-state index contributed by atoms with van der Waals surface area (Å²) in [4.78, 5) is 39.5. The van der Waals surface area contributed by atoms with Crippen molar-refractivity contribution in [2.45, 2.75) is 26.3 Å². The third-order valence-electron chi connectivity index (χ3n) is 5.51. The Bertz CT molecular complexity index is 1090. The first-order chi connectivity index (χ1) is 15.5. The number of nitrogens with one attached hydrogen (secondary N) is 2. The third kappa shape index (κ3) is 4.41. The van der Waals surface area contributed by atoms with Crippen LogP contribution in [0.4, 0.5) is 10.5 Å². The van der Waals surface area contributed by atoms with E-state index in [1.807, 2.05) is 19.9 Å². The Balaban J connectivity index is 1.87. The molecule has 3 rings (SSSR count). The minimum atomic E-state index is -1.44. The molecular formula is C23H26ClN3O6. The van der Waals surface area contributed by atoms with Crippen LogP contribution in [0.1, 0.15) is 23.6 Å². The standard InChI is InChI=1S/C23H26ClN3O6/c1-12-7-13(2)19(15(24)8-12)25-18(28)11-27-21(29)23(3,26-22(27)30)14-9-16(31-4)20(33-6)17(10-14)32-5/h7-10H,11H2,1-6H3,(H,25,28)(H,26,30). The second-order valence-corrected chi connectivity index (χ2v) is 8.25. The summed E-state index contributed by atoms with van der Waals surface area (Å²) in [6.07, 6.45) is 0. The van der Waals surface area contributed by atoms with E-state index >= 15 is 0 Å². The van der Waals surface area contributed by atoms with Gasteiger partial charge in [-0.3, -0.25) is 14.5 Å². The van der Waals surface area contributed by atoms with Gasteiger partial charge in [-0.15, -0.1) is 0 Å². The van der Waals surface area contributed by atoms with E-state index in [0.29, 0.717) is 33.5 Å². The SMILES string of the molecule is COc1cc(C2(C)NC(=O)N(CC(=O)Nc3c(C)cc(C)cc3Cl)C2=O)cc(OC)c1OC. The zero-order valence-electron chi connectivity index (χ0n) is 19.3. The van der Waals surface area contributed by atoms with E-state index in [0.717, 1.165) is 16.0 Å². The van der Waals surface area contributed by atoms with Gasteiger partial charge in [-0.1, -0.05) is 17.7 Å². The Hall–Kier alpha value is -3.46. The van der Waals surface area contributed by atoms with E-state index in [1.165, 1.54) is 21.3 Å². The van der Waals surface area contributed by atoms with Gasteiger partial charge >= 0.3 is 6.03 Å². The van der Waals surface area contributed by atoms with Gasteiger partial charge in [0.1, 0.15) is 12.1 Å².